The number of hydrogen-bond donors (Lipinski definition) is 1. The Bertz CT molecular complexity index is 940. The highest BCUT2D eigenvalue weighted by molar-refractivity contribution is 5.84. The van der Waals surface area contributed by atoms with Crippen LogP contribution in [0, 0.1) is 6.92 Å². The third kappa shape index (κ3) is 3.03. The molecule has 0 aliphatic carbocycles. The van der Waals surface area contributed by atoms with Crippen LogP contribution in [0.2, 0.25) is 0 Å². The molecule has 9 nitrogen and oxygen atoms in total. The largest absolute Gasteiger partial charge is 0.391 e. The van der Waals surface area contributed by atoms with Crippen molar-refractivity contribution in [2.45, 2.75) is 52.2 Å². The van der Waals surface area contributed by atoms with Gasteiger partial charge in [0, 0.05) is 18.5 Å². The highest BCUT2D eigenvalue weighted by atomic mass is 16.5. The molecule has 9 heteroatoms. The quantitative estimate of drug-likeness (QED) is 0.750. The number of nitrogens with zero attached hydrogens (tertiary/aromatic N) is 7. The summed E-state index contributed by atoms with van der Waals surface area (Å²) < 4.78 is 7.13. The van der Waals surface area contributed by atoms with Gasteiger partial charge in [-0.2, -0.15) is 4.98 Å². The normalized spacial score (nSPS) is 18.2. The molecular weight excluding hydrogens is 334 g/mol. The fraction of sp³-hybridized carbons (Fsp3) is 0.588. The van der Waals surface area contributed by atoms with E-state index in [1.807, 2.05) is 4.57 Å². The molecule has 4 rings (SSSR count). The van der Waals surface area contributed by atoms with Crippen LogP contribution < -0.4 is 4.90 Å². The van der Waals surface area contributed by atoms with Crippen molar-refractivity contribution in [3.63, 3.8) is 0 Å². The lowest BCUT2D eigenvalue weighted by atomic mass is 9.96. The van der Waals surface area contributed by atoms with E-state index in [4.69, 9.17) is 14.5 Å². The molecule has 1 aliphatic heterocycles. The minimum Gasteiger partial charge on any atom is -0.391 e. The summed E-state index contributed by atoms with van der Waals surface area (Å²) in [6.07, 6.45) is 2.13. The zero-order valence-corrected chi connectivity index (χ0v) is 15.5. The van der Waals surface area contributed by atoms with E-state index in [0.29, 0.717) is 24.8 Å². The topological polar surface area (TPSA) is 106 Å². The maximum absolute atomic E-state index is 9.93. The molecule has 3 aromatic heterocycles. The molecule has 0 aromatic carbocycles. The third-order valence-electron chi connectivity index (χ3n) is 4.45. The first kappa shape index (κ1) is 16.9. The predicted molar refractivity (Wildman–Crippen MR) is 95.0 cm³/mol. The number of rotatable bonds is 3. The summed E-state index contributed by atoms with van der Waals surface area (Å²) in [5.74, 6) is 2.62. The Morgan fingerprint density at radius 1 is 1.27 bits per heavy atom. The van der Waals surface area contributed by atoms with Gasteiger partial charge in [-0.1, -0.05) is 25.9 Å². The lowest BCUT2D eigenvalue weighted by Gasteiger charge is -2.22. The van der Waals surface area contributed by atoms with Crippen LogP contribution in [0.4, 0.5) is 5.82 Å². The van der Waals surface area contributed by atoms with Crippen LogP contribution in [0.25, 0.3) is 11.2 Å². The SMILES string of the molecule is Cc1noc(Cn2cnc3c(N4CC[C@H](O)C4)nc(C(C)(C)C)nc32)n1. The first-order valence-corrected chi connectivity index (χ1v) is 8.77. The number of aromatic nitrogens is 6. The van der Waals surface area contributed by atoms with Gasteiger partial charge in [-0.15, -0.1) is 0 Å². The number of β-amino-alcohol motifs (C(OH)–C–C–N with tert-alkyl or cyclic N) is 1. The second-order valence-corrected chi connectivity index (χ2v) is 7.79. The number of anilines is 1. The lowest BCUT2D eigenvalue weighted by Crippen LogP contribution is -2.25. The number of hydrogen-bond acceptors (Lipinski definition) is 8. The molecule has 0 unspecified atom stereocenters. The van der Waals surface area contributed by atoms with E-state index in [1.165, 1.54) is 0 Å². The number of aryl methyl sites for hydroxylation is 1. The first-order valence-electron chi connectivity index (χ1n) is 8.77. The van der Waals surface area contributed by atoms with Crippen LogP contribution in [0.3, 0.4) is 0 Å². The van der Waals surface area contributed by atoms with E-state index in [2.05, 4.69) is 40.8 Å². The lowest BCUT2D eigenvalue weighted by molar-refractivity contribution is 0.198. The molecule has 138 valence electrons. The van der Waals surface area contributed by atoms with Gasteiger partial charge in [0.1, 0.15) is 12.4 Å². The number of aliphatic hydroxyl groups excluding tert-OH is 1. The molecule has 0 spiro atoms. The molecule has 1 fully saturated rings. The maximum Gasteiger partial charge on any atom is 0.246 e. The Morgan fingerprint density at radius 2 is 2.08 bits per heavy atom. The van der Waals surface area contributed by atoms with Crippen molar-refractivity contribution < 1.29 is 9.63 Å². The average molecular weight is 357 g/mol. The Labute approximate surface area is 151 Å². The second-order valence-electron chi connectivity index (χ2n) is 7.79. The van der Waals surface area contributed by atoms with Crippen LogP contribution in [-0.2, 0) is 12.0 Å². The van der Waals surface area contributed by atoms with Gasteiger partial charge in [0.25, 0.3) is 0 Å². The summed E-state index contributed by atoms with van der Waals surface area (Å²) in [5.41, 5.74) is 1.25. The maximum atomic E-state index is 9.93. The van der Waals surface area contributed by atoms with Gasteiger partial charge in [-0.3, -0.25) is 0 Å². The average Bonchev–Trinajstić information content (AvgIpc) is 3.27. The van der Waals surface area contributed by atoms with E-state index in [-0.39, 0.29) is 11.5 Å². The van der Waals surface area contributed by atoms with E-state index in [0.717, 1.165) is 35.8 Å². The highest BCUT2D eigenvalue weighted by Gasteiger charge is 2.28. The van der Waals surface area contributed by atoms with Gasteiger partial charge in [-0.25, -0.2) is 15.0 Å². The summed E-state index contributed by atoms with van der Waals surface area (Å²) in [4.78, 5) is 20.4. The zero-order valence-electron chi connectivity index (χ0n) is 15.5. The van der Waals surface area contributed by atoms with Gasteiger partial charge < -0.3 is 19.1 Å². The minimum atomic E-state index is -0.332. The molecule has 1 atom stereocenters. The Hall–Kier alpha value is -2.55. The molecule has 1 aliphatic rings. The Morgan fingerprint density at radius 3 is 2.69 bits per heavy atom. The summed E-state index contributed by atoms with van der Waals surface area (Å²) in [6, 6.07) is 0. The van der Waals surface area contributed by atoms with Crippen LogP contribution in [0.5, 0.6) is 0 Å². The van der Waals surface area contributed by atoms with Gasteiger partial charge in [0.2, 0.25) is 5.89 Å². The zero-order chi connectivity index (χ0) is 18.5. The van der Waals surface area contributed by atoms with Crippen LogP contribution in [0.15, 0.2) is 10.9 Å². The fourth-order valence-electron chi connectivity index (χ4n) is 3.09. The molecule has 0 amide bonds. The third-order valence-corrected chi connectivity index (χ3v) is 4.45. The molecule has 4 heterocycles. The summed E-state index contributed by atoms with van der Waals surface area (Å²) >= 11 is 0. The smallest absolute Gasteiger partial charge is 0.246 e. The standard InChI is InChI=1S/C17H23N7O2/c1-10-19-12(26-22-10)8-24-9-18-13-14(23-6-5-11(25)7-23)20-16(17(2,3)4)21-15(13)24/h9,11,25H,5-8H2,1-4H3/t11-/m0/s1. The summed E-state index contributed by atoms with van der Waals surface area (Å²) in [7, 11) is 0. The van der Waals surface area contributed by atoms with Crippen LogP contribution in [0.1, 0.15) is 44.7 Å². The minimum absolute atomic E-state index is 0.211. The summed E-state index contributed by atoms with van der Waals surface area (Å²) in [5, 5.41) is 13.8. The molecule has 0 bridgehead atoms. The molecule has 1 N–H and O–H groups in total. The van der Waals surface area contributed by atoms with Crippen molar-refractivity contribution in [2.24, 2.45) is 0 Å². The van der Waals surface area contributed by atoms with E-state index in [1.54, 1.807) is 13.3 Å². The van der Waals surface area contributed by atoms with Crippen molar-refractivity contribution >= 4 is 17.0 Å². The van der Waals surface area contributed by atoms with Crippen LogP contribution in [-0.4, -0.2) is 54.0 Å². The monoisotopic (exact) mass is 357 g/mol. The highest BCUT2D eigenvalue weighted by Crippen LogP contribution is 2.29. The van der Waals surface area contributed by atoms with Crippen molar-refractivity contribution in [1.29, 1.82) is 0 Å². The molecule has 0 saturated carbocycles. The Kier molecular flexibility index (Phi) is 3.91. The van der Waals surface area contributed by atoms with Crippen molar-refractivity contribution in [2.75, 3.05) is 18.0 Å². The van der Waals surface area contributed by atoms with Gasteiger partial charge >= 0.3 is 0 Å². The van der Waals surface area contributed by atoms with E-state index in [9.17, 15) is 5.11 Å². The van der Waals surface area contributed by atoms with Gasteiger partial charge in [-0.05, 0) is 13.3 Å². The van der Waals surface area contributed by atoms with Crippen LogP contribution >= 0.6 is 0 Å². The van der Waals surface area contributed by atoms with Crippen molar-refractivity contribution in [3.05, 3.63) is 23.9 Å². The molecule has 26 heavy (non-hydrogen) atoms. The summed E-state index contributed by atoms with van der Waals surface area (Å²) in [6.45, 7) is 9.75. The van der Waals surface area contributed by atoms with Gasteiger partial charge in [0.05, 0.1) is 12.4 Å². The van der Waals surface area contributed by atoms with Gasteiger partial charge in [0.15, 0.2) is 22.8 Å². The first-order chi connectivity index (χ1) is 12.3. The Balaban J connectivity index is 1.82. The van der Waals surface area contributed by atoms with E-state index >= 15 is 0 Å². The molecular formula is C17H23N7O2. The molecule has 0 radical (unpaired) electrons. The number of imidazole rings is 1. The fourth-order valence-corrected chi connectivity index (χ4v) is 3.09. The second kappa shape index (κ2) is 6.01. The number of fused-ring (bicyclic) bond motifs is 1. The predicted octanol–water partition coefficient (Wildman–Crippen LogP) is 1.43. The van der Waals surface area contributed by atoms with Crippen molar-refractivity contribution in [3.8, 4) is 0 Å². The van der Waals surface area contributed by atoms with E-state index < -0.39 is 0 Å². The number of aliphatic hydroxyl groups is 1. The van der Waals surface area contributed by atoms with Crippen molar-refractivity contribution in [1.82, 2.24) is 29.7 Å². The molecule has 3 aromatic rings. The molecule has 1 saturated heterocycles.